The van der Waals surface area contributed by atoms with Crippen molar-refractivity contribution in [2.75, 3.05) is 5.32 Å². The van der Waals surface area contributed by atoms with Crippen LogP contribution in [0.5, 0.6) is 0 Å². The lowest BCUT2D eigenvalue weighted by Gasteiger charge is -2.09. The fourth-order valence-corrected chi connectivity index (χ4v) is 1.56. The normalized spacial score (nSPS) is 9.75. The van der Waals surface area contributed by atoms with E-state index in [-0.39, 0.29) is 0 Å². The second kappa shape index (κ2) is 4.49. The second-order valence-electron chi connectivity index (χ2n) is 3.50. The van der Waals surface area contributed by atoms with E-state index in [0.29, 0.717) is 12.1 Å². The fraction of sp³-hybridized carbons (Fsp3) is 0.167. The number of hydrogen-bond acceptors (Lipinski definition) is 3. The summed E-state index contributed by atoms with van der Waals surface area (Å²) in [5.41, 5.74) is 2.60. The summed E-state index contributed by atoms with van der Waals surface area (Å²) in [6.07, 6.45) is 3.49. The number of aromatic nitrogens is 2. The van der Waals surface area contributed by atoms with Crippen molar-refractivity contribution in [1.29, 1.82) is 5.26 Å². The summed E-state index contributed by atoms with van der Waals surface area (Å²) in [5, 5.41) is 12.2. The quantitative estimate of drug-likeness (QED) is 0.819. The van der Waals surface area contributed by atoms with Crippen LogP contribution in [0.4, 0.5) is 5.69 Å². The molecule has 0 aliphatic heterocycles. The van der Waals surface area contributed by atoms with Gasteiger partial charge in [0.2, 0.25) is 0 Å². The highest BCUT2D eigenvalue weighted by atomic mass is 15.0. The van der Waals surface area contributed by atoms with Crippen molar-refractivity contribution < 1.29 is 0 Å². The van der Waals surface area contributed by atoms with Gasteiger partial charge in [0.15, 0.2) is 0 Å². The van der Waals surface area contributed by atoms with Crippen molar-refractivity contribution >= 4 is 5.69 Å². The van der Waals surface area contributed by atoms with Gasteiger partial charge < -0.3 is 10.3 Å². The molecule has 0 amide bonds. The number of nitriles is 1. The number of benzene rings is 1. The molecule has 2 N–H and O–H groups in total. The molecular formula is C12H12N4. The van der Waals surface area contributed by atoms with Crippen LogP contribution in [0.1, 0.15) is 17.0 Å². The Morgan fingerprint density at radius 2 is 2.38 bits per heavy atom. The van der Waals surface area contributed by atoms with E-state index in [1.54, 1.807) is 18.5 Å². The fourth-order valence-electron chi connectivity index (χ4n) is 1.56. The summed E-state index contributed by atoms with van der Waals surface area (Å²) in [7, 11) is 0. The van der Waals surface area contributed by atoms with Gasteiger partial charge in [-0.2, -0.15) is 5.26 Å². The lowest BCUT2D eigenvalue weighted by molar-refractivity contribution is 0.996. The minimum absolute atomic E-state index is 0.590. The largest absolute Gasteiger partial charge is 0.377 e. The van der Waals surface area contributed by atoms with E-state index in [0.717, 1.165) is 17.1 Å². The van der Waals surface area contributed by atoms with Gasteiger partial charge in [-0.25, -0.2) is 4.98 Å². The van der Waals surface area contributed by atoms with Crippen LogP contribution in [-0.2, 0) is 6.54 Å². The molecule has 0 bridgehead atoms. The molecular weight excluding hydrogens is 200 g/mol. The summed E-state index contributed by atoms with van der Waals surface area (Å²) in [4.78, 5) is 7.12. The molecule has 16 heavy (non-hydrogen) atoms. The molecule has 1 heterocycles. The van der Waals surface area contributed by atoms with E-state index in [4.69, 9.17) is 5.26 Å². The molecule has 1 aromatic heterocycles. The minimum Gasteiger partial charge on any atom is -0.377 e. The number of anilines is 1. The molecule has 2 rings (SSSR count). The van der Waals surface area contributed by atoms with Gasteiger partial charge in [-0.15, -0.1) is 0 Å². The Bertz CT molecular complexity index is 508. The van der Waals surface area contributed by atoms with Gasteiger partial charge in [-0.05, 0) is 18.6 Å². The highest BCUT2D eigenvalue weighted by molar-refractivity contribution is 5.62. The molecule has 4 heteroatoms. The molecule has 0 saturated heterocycles. The van der Waals surface area contributed by atoms with Gasteiger partial charge in [-0.3, -0.25) is 0 Å². The zero-order valence-corrected chi connectivity index (χ0v) is 8.99. The van der Waals surface area contributed by atoms with Crippen LogP contribution in [0.3, 0.4) is 0 Å². The van der Waals surface area contributed by atoms with E-state index < -0.39 is 0 Å². The first-order valence-electron chi connectivity index (χ1n) is 5.03. The van der Waals surface area contributed by atoms with Gasteiger partial charge in [0.1, 0.15) is 11.9 Å². The predicted octanol–water partition coefficient (Wildman–Crippen LogP) is 2.20. The molecule has 0 radical (unpaired) electrons. The SMILES string of the molecule is Cc1cccc(C#N)c1NCc1ncc[nH]1. The molecule has 4 nitrogen and oxygen atoms in total. The molecule has 0 spiro atoms. The topological polar surface area (TPSA) is 64.5 Å². The first kappa shape index (κ1) is 10.2. The summed E-state index contributed by atoms with van der Waals surface area (Å²) in [6.45, 7) is 2.57. The number of nitrogens with one attached hydrogen (secondary N) is 2. The third-order valence-corrected chi connectivity index (χ3v) is 2.38. The van der Waals surface area contributed by atoms with E-state index >= 15 is 0 Å². The van der Waals surface area contributed by atoms with Crippen LogP contribution >= 0.6 is 0 Å². The van der Waals surface area contributed by atoms with Crippen molar-refractivity contribution in [2.45, 2.75) is 13.5 Å². The number of aromatic amines is 1. The Balaban J connectivity index is 2.18. The molecule has 0 atom stereocenters. The van der Waals surface area contributed by atoms with Crippen molar-refractivity contribution in [3.8, 4) is 6.07 Å². The van der Waals surface area contributed by atoms with Crippen LogP contribution in [0, 0.1) is 18.3 Å². The van der Waals surface area contributed by atoms with Gasteiger partial charge in [0.05, 0.1) is 17.8 Å². The second-order valence-corrected chi connectivity index (χ2v) is 3.50. The maximum Gasteiger partial charge on any atom is 0.125 e. The van der Waals surface area contributed by atoms with E-state index in [9.17, 15) is 0 Å². The predicted molar refractivity (Wildman–Crippen MR) is 61.8 cm³/mol. The van der Waals surface area contributed by atoms with Crippen LogP contribution in [0.2, 0.25) is 0 Å². The zero-order valence-electron chi connectivity index (χ0n) is 8.99. The molecule has 0 aliphatic carbocycles. The first-order valence-corrected chi connectivity index (χ1v) is 5.03. The zero-order chi connectivity index (χ0) is 11.4. The van der Waals surface area contributed by atoms with E-state index in [2.05, 4.69) is 21.4 Å². The summed E-state index contributed by atoms with van der Waals surface area (Å²) in [6, 6.07) is 7.83. The number of hydrogen-bond donors (Lipinski definition) is 2. The minimum atomic E-state index is 0.590. The Kier molecular flexibility index (Phi) is 2.88. The van der Waals surface area contributed by atoms with Crippen molar-refractivity contribution in [3.63, 3.8) is 0 Å². The molecule has 1 aromatic carbocycles. The Morgan fingerprint density at radius 1 is 1.50 bits per heavy atom. The third-order valence-electron chi connectivity index (χ3n) is 2.38. The monoisotopic (exact) mass is 212 g/mol. The van der Waals surface area contributed by atoms with Gasteiger partial charge >= 0.3 is 0 Å². The molecule has 80 valence electrons. The molecule has 2 aromatic rings. The average Bonchev–Trinajstić information content (AvgIpc) is 2.80. The maximum atomic E-state index is 8.99. The van der Waals surface area contributed by atoms with Crippen molar-refractivity contribution in [1.82, 2.24) is 9.97 Å². The number of rotatable bonds is 3. The first-order chi connectivity index (χ1) is 7.81. The Hall–Kier alpha value is -2.28. The van der Waals surface area contributed by atoms with Crippen molar-refractivity contribution in [3.05, 3.63) is 47.5 Å². The molecule has 0 aliphatic rings. The number of aryl methyl sites for hydroxylation is 1. The summed E-state index contributed by atoms with van der Waals surface area (Å²) in [5.74, 6) is 0.854. The van der Waals surface area contributed by atoms with Gasteiger partial charge in [0.25, 0.3) is 0 Å². The standard InChI is InChI=1S/C12H12N4/c1-9-3-2-4-10(7-13)12(9)16-8-11-14-5-6-15-11/h2-6,16H,8H2,1H3,(H,14,15). The number of nitrogens with zero attached hydrogens (tertiary/aromatic N) is 2. The van der Waals surface area contributed by atoms with Gasteiger partial charge in [0, 0.05) is 12.4 Å². The van der Waals surface area contributed by atoms with E-state index in [1.165, 1.54) is 0 Å². The van der Waals surface area contributed by atoms with Gasteiger partial charge in [-0.1, -0.05) is 12.1 Å². The summed E-state index contributed by atoms with van der Waals surface area (Å²) >= 11 is 0. The van der Waals surface area contributed by atoms with Crippen LogP contribution < -0.4 is 5.32 Å². The van der Waals surface area contributed by atoms with Crippen LogP contribution in [0.25, 0.3) is 0 Å². The third kappa shape index (κ3) is 2.04. The maximum absolute atomic E-state index is 8.99. The molecule has 0 saturated carbocycles. The van der Waals surface area contributed by atoms with E-state index in [1.807, 2.05) is 19.1 Å². The van der Waals surface area contributed by atoms with Crippen molar-refractivity contribution in [2.24, 2.45) is 0 Å². The smallest absolute Gasteiger partial charge is 0.125 e. The molecule has 0 fully saturated rings. The number of imidazole rings is 1. The number of H-pyrrole nitrogens is 1. The van der Waals surface area contributed by atoms with Crippen LogP contribution in [-0.4, -0.2) is 9.97 Å². The Morgan fingerprint density at radius 3 is 3.06 bits per heavy atom. The highest BCUT2D eigenvalue weighted by Gasteiger charge is 2.04. The van der Waals surface area contributed by atoms with Crippen LogP contribution in [0.15, 0.2) is 30.6 Å². The lowest BCUT2D eigenvalue weighted by atomic mass is 10.1. The average molecular weight is 212 g/mol. The Labute approximate surface area is 94.0 Å². The molecule has 0 unspecified atom stereocenters. The number of para-hydroxylation sites is 1. The highest BCUT2D eigenvalue weighted by Crippen LogP contribution is 2.19. The lowest BCUT2D eigenvalue weighted by Crippen LogP contribution is -2.04. The summed E-state index contributed by atoms with van der Waals surface area (Å²) < 4.78 is 0.